The van der Waals surface area contributed by atoms with E-state index in [0.29, 0.717) is 28.1 Å². The molecule has 170 valence electrons. The molecule has 0 saturated heterocycles. The Morgan fingerprint density at radius 2 is 1.86 bits per heavy atom. The molecule has 0 spiro atoms. The van der Waals surface area contributed by atoms with Crippen LogP contribution >= 0.6 is 27.3 Å². The molecule has 0 fully saturated rings. The van der Waals surface area contributed by atoms with Crippen LogP contribution in [0.4, 0.5) is 5.69 Å². The van der Waals surface area contributed by atoms with Crippen molar-refractivity contribution in [2.24, 2.45) is 0 Å². The first kappa shape index (κ1) is 21.4. The van der Waals surface area contributed by atoms with Gasteiger partial charge in [-0.1, -0.05) is 34.1 Å². The van der Waals surface area contributed by atoms with Crippen molar-refractivity contribution >= 4 is 55.5 Å². The molecule has 8 nitrogen and oxygen atoms in total. The van der Waals surface area contributed by atoms with Crippen LogP contribution in [0.5, 0.6) is 0 Å². The molecule has 35 heavy (non-hydrogen) atoms. The van der Waals surface area contributed by atoms with Crippen LogP contribution in [0.2, 0.25) is 0 Å². The number of fused-ring (bicyclic) bond motifs is 2. The summed E-state index contributed by atoms with van der Waals surface area (Å²) < 4.78 is 7.83. The van der Waals surface area contributed by atoms with Crippen LogP contribution in [0, 0.1) is 0 Å². The second kappa shape index (κ2) is 8.57. The van der Waals surface area contributed by atoms with E-state index in [0.717, 1.165) is 20.6 Å². The number of carbonyl (C=O) groups excluding carboxylic acids is 1. The minimum atomic E-state index is -0.693. The second-order valence-electron chi connectivity index (χ2n) is 7.65. The average Bonchev–Trinajstić information content (AvgIpc) is 3.54. The zero-order valence-corrected chi connectivity index (χ0v) is 20.2. The normalized spacial score (nSPS) is 11.2. The van der Waals surface area contributed by atoms with Crippen LogP contribution in [0.15, 0.2) is 91.9 Å². The second-order valence-corrected chi connectivity index (χ2v) is 9.51. The molecule has 0 saturated carbocycles. The predicted octanol–water partition coefficient (Wildman–Crippen LogP) is 5.64. The molecule has 0 radical (unpaired) electrons. The Morgan fingerprint density at radius 1 is 1.00 bits per heavy atom. The lowest BCUT2D eigenvalue weighted by atomic mass is 10.1. The SMILES string of the molecule is O=C(Nc1ccc(-c2ccc3nnc(-c4cccs4)n3n2)cc1)c1cc2cc(Br)ccc2oc1=O. The Labute approximate surface area is 210 Å². The molecule has 6 rings (SSSR count). The Hall–Kier alpha value is -4.15. The maximum atomic E-state index is 12.8. The minimum Gasteiger partial charge on any atom is -0.422 e. The topological polar surface area (TPSA) is 102 Å². The van der Waals surface area contributed by atoms with Gasteiger partial charge in [-0.05, 0) is 60.0 Å². The number of nitrogens with one attached hydrogen (secondary N) is 1. The molecule has 10 heteroatoms. The van der Waals surface area contributed by atoms with Crippen LogP contribution in [-0.2, 0) is 0 Å². The third kappa shape index (κ3) is 4.02. The van der Waals surface area contributed by atoms with E-state index < -0.39 is 11.5 Å². The van der Waals surface area contributed by atoms with Crippen LogP contribution in [0.25, 0.3) is 38.6 Å². The number of halogens is 1. The highest BCUT2D eigenvalue weighted by molar-refractivity contribution is 9.10. The molecule has 0 aliphatic rings. The number of hydrogen-bond acceptors (Lipinski definition) is 7. The van der Waals surface area contributed by atoms with Crippen molar-refractivity contribution in [3.05, 3.63) is 98.6 Å². The van der Waals surface area contributed by atoms with Gasteiger partial charge in [0.2, 0.25) is 0 Å². The van der Waals surface area contributed by atoms with Gasteiger partial charge in [0.25, 0.3) is 5.91 Å². The van der Waals surface area contributed by atoms with E-state index in [2.05, 4.69) is 31.4 Å². The number of rotatable bonds is 4. The summed E-state index contributed by atoms with van der Waals surface area (Å²) in [4.78, 5) is 26.1. The fourth-order valence-corrected chi connectivity index (χ4v) is 4.75. The summed E-state index contributed by atoms with van der Waals surface area (Å²) in [6, 6.07) is 21.6. The zero-order valence-electron chi connectivity index (χ0n) is 17.8. The van der Waals surface area contributed by atoms with Gasteiger partial charge in [0.1, 0.15) is 11.1 Å². The van der Waals surface area contributed by atoms with Crippen molar-refractivity contribution in [2.75, 3.05) is 5.32 Å². The van der Waals surface area contributed by atoms with Gasteiger partial charge in [0, 0.05) is 21.1 Å². The van der Waals surface area contributed by atoms with Crippen LogP contribution < -0.4 is 10.9 Å². The van der Waals surface area contributed by atoms with E-state index in [1.807, 2.05) is 41.8 Å². The predicted molar refractivity (Wildman–Crippen MR) is 138 cm³/mol. The molecule has 0 aliphatic carbocycles. The van der Waals surface area contributed by atoms with Crippen molar-refractivity contribution in [3.63, 3.8) is 0 Å². The van der Waals surface area contributed by atoms with Crippen molar-refractivity contribution < 1.29 is 9.21 Å². The fourth-order valence-electron chi connectivity index (χ4n) is 3.68. The summed E-state index contributed by atoms with van der Waals surface area (Å²) in [7, 11) is 0. The molecule has 0 unspecified atom stereocenters. The van der Waals surface area contributed by atoms with Crippen LogP contribution in [0.3, 0.4) is 0 Å². The Kier molecular flexibility index (Phi) is 5.24. The summed E-state index contributed by atoms with van der Waals surface area (Å²) >= 11 is 4.95. The highest BCUT2D eigenvalue weighted by Gasteiger charge is 2.15. The molecule has 0 bridgehead atoms. The molecule has 4 aromatic heterocycles. The van der Waals surface area contributed by atoms with E-state index in [4.69, 9.17) is 9.52 Å². The smallest absolute Gasteiger partial charge is 0.349 e. The largest absolute Gasteiger partial charge is 0.422 e. The number of amides is 1. The van der Waals surface area contributed by atoms with E-state index in [-0.39, 0.29) is 5.56 Å². The number of thiophene rings is 1. The maximum Gasteiger partial charge on any atom is 0.349 e. The molecular weight excluding hydrogens is 530 g/mol. The van der Waals surface area contributed by atoms with Crippen molar-refractivity contribution in [2.45, 2.75) is 0 Å². The summed E-state index contributed by atoms with van der Waals surface area (Å²) in [5.41, 5.74) is 2.43. The van der Waals surface area contributed by atoms with E-state index in [9.17, 15) is 9.59 Å². The first-order valence-electron chi connectivity index (χ1n) is 10.5. The summed E-state index contributed by atoms with van der Waals surface area (Å²) in [5.74, 6) is 0.139. The number of carbonyl (C=O) groups is 1. The van der Waals surface area contributed by atoms with E-state index in [1.54, 1.807) is 46.2 Å². The molecule has 4 heterocycles. The Morgan fingerprint density at radius 3 is 2.66 bits per heavy atom. The monoisotopic (exact) mass is 543 g/mol. The van der Waals surface area contributed by atoms with Gasteiger partial charge in [-0.3, -0.25) is 4.79 Å². The number of aromatic nitrogens is 4. The fraction of sp³-hybridized carbons (Fsp3) is 0. The van der Waals surface area contributed by atoms with Crippen molar-refractivity contribution in [1.29, 1.82) is 0 Å². The first-order chi connectivity index (χ1) is 17.0. The number of nitrogens with zero attached hydrogens (tertiary/aromatic N) is 4. The molecule has 1 amide bonds. The van der Waals surface area contributed by atoms with E-state index >= 15 is 0 Å². The summed E-state index contributed by atoms with van der Waals surface area (Å²) in [5, 5.41) is 18.5. The third-order valence-electron chi connectivity index (χ3n) is 5.38. The van der Waals surface area contributed by atoms with Gasteiger partial charge in [-0.15, -0.1) is 21.5 Å². The minimum absolute atomic E-state index is 0.0690. The Balaban J connectivity index is 1.27. The van der Waals surface area contributed by atoms with Gasteiger partial charge in [0.05, 0.1) is 10.6 Å². The molecule has 0 aliphatic heterocycles. The molecule has 0 atom stereocenters. The van der Waals surface area contributed by atoms with Gasteiger partial charge in [0.15, 0.2) is 11.5 Å². The average molecular weight is 544 g/mol. The lowest BCUT2D eigenvalue weighted by molar-refractivity contribution is 0.102. The van der Waals surface area contributed by atoms with Gasteiger partial charge >= 0.3 is 5.63 Å². The molecular formula is C25H14BrN5O3S. The van der Waals surface area contributed by atoms with E-state index in [1.165, 1.54) is 6.07 Å². The maximum absolute atomic E-state index is 12.8. The highest BCUT2D eigenvalue weighted by atomic mass is 79.9. The van der Waals surface area contributed by atoms with Crippen LogP contribution in [0.1, 0.15) is 10.4 Å². The van der Waals surface area contributed by atoms with Gasteiger partial charge in [-0.25, -0.2) is 4.79 Å². The number of benzene rings is 2. The standard InChI is InChI=1S/C25H14BrN5O3S/c26-16-5-9-20-15(12-16)13-18(25(33)34-20)24(32)27-17-6-3-14(4-7-17)19-8-10-22-28-29-23(31(22)30-19)21-2-1-11-35-21/h1-13H,(H,27,32). The first-order valence-corrected chi connectivity index (χ1v) is 12.1. The Bertz CT molecular complexity index is 1780. The number of hydrogen-bond donors (Lipinski definition) is 1. The lowest BCUT2D eigenvalue weighted by Gasteiger charge is -2.07. The lowest BCUT2D eigenvalue weighted by Crippen LogP contribution is -2.20. The highest BCUT2D eigenvalue weighted by Crippen LogP contribution is 2.25. The molecule has 2 aromatic carbocycles. The van der Waals surface area contributed by atoms with Gasteiger partial charge in [-0.2, -0.15) is 9.61 Å². The van der Waals surface area contributed by atoms with Crippen molar-refractivity contribution in [1.82, 2.24) is 19.8 Å². The van der Waals surface area contributed by atoms with Crippen LogP contribution in [-0.4, -0.2) is 25.7 Å². The number of anilines is 1. The van der Waals surface area contributed by atoms with Crippen molar-refractivity contribution in [3.8, 4) is 22.0 Å². The van der Waals surface area contributed by atoms with Gasteiger partial charge < -0.3 is 9.73 Å². The third-order valence-corrected chi connectivity index (χ3v) is 6.74. The zero-order chi connectivity index (χ0) is 23.9. The summed E-state index contributed by atoms with van der Waals surface area (Å²) in [6.07, 6.45) is 0. The molecule has 1 N–H and O–H groups in total. The summed E-state index contributed by atoms with van der Waals surface area (Å²) in [6.45, 7) is 0. The molecule has 6 aromatic rings. The quantitative estimate of drug-likeness (QED) is 0.288.